The summed E-state index contributed by atoms with van der Waals surface area (Å²) in [5, 5.41) is 0. The molecule has 2 aromatic carbocycles. The molecule has 0 saturated carbocycles. The number of carbonyl (C=O) groups is 1. The molecule has 1 N–H and O–H groups in total. The van der Waals surface area contributed by atoms with Gasteiger partial charge in [-0.3, -0.25) is 19.5 Å². The Kier molecular flexibility index (Phi) is 6.34. The van der Waals surface area contributed by atoms with E-state index in [1.807, 2.05) is 19.1 Å². The fraction of sp³-hybridized carbons (Fsp3) is 0.167. The Hall–Kier alpha value is -3.79. The van der Waals surface area contributed by atoms with Crippen molar-refractivity contribution in [3.63, 3.8) is 0 Å². The van der Waals surface area contributed by atoms with E-state index in [9.17, 15) is 17.6 Å². The summed E-state index contributed by atoms with van der Waals surface area (Å²) in [6.45, 7) is 3.51. The lowest BCUT2D eigenvalue weighted by Crippen LogP contribution is -2.18. The van der Waals surface area contributed by atoms with Gasteiger partial charge in [0.25, 0.3) is 0 Å². The maximum atomic E-state index is 15.0. The zero-order valence-corrected chi connectivity index (χ0v) is 19.2. The van der Waals surface area contributed by atoms with Crippen molar-refractivity contribution in [2.24, 2.45) is 0 Å². The van der Waals surface area contributed by atoms with E-state index in [1.165, 1.54) is 18.2 Å². The summed E-state index contributed by atoms with van der Waals surface area (Å²) < 4.78 is 55.7. The van der Waals surface area contributed by atoms with Crippen LogP contribution in [-0.2, 0) is 10.0 Å². The molecule has 0 saturated heterocycles. The van der Waals surface area contributed by atoms with Gasteiger partial charge in [-0.05, 0) is 55.8 Å². The predicted molar refractivity (Wildman–Crippen MR) is 125 cm³/mol. The lowest BCUT2D eigenvalue weighted by molar-refractivity contribution is 0.103. The van der Waals surface area contributed by atoms with E-state index in [-0.39, 0.29) is 11.3 Å². The average Bonchev–Trinajstić information content (AvgIpc) is 2.80. The van der Waals surface area contributed by atoms with E-state index in [4.69, 9.17) is 0 Å². The molecule has 2 heterocycles. The van der Waals surface area contributed by atoms with Crippen molar-refractivity contribution in [2.75, 3.05) is 10.5 Å². The number of benzene rings is 2. The van der Waals surface area contributed by atoms with Crippen molar-refractivity contribution in [2.45, 2.75) is 20.3 Å². The maximum Gasteiger partial charge on any atom is 0.232 e. The summed E-state index contributed by atoms with van der Waals surface area (Å²) in [5.41, 5.74) is 1.55. The zero-order valence-electron chi connectivity index (χ0n) is 18.3. The largest absolute Gasteiger partial charge is 0.288 e. The number of hydrogen-bond acceptors (Lipinski definition) is 6. The first-order valence-corrected chi connectivity index (χ1v) is 12.1. The van der Waals surface area contributed by atoms with Gasteiger partial charge in [0, 0.05) is 23.0 Å². The number of anilines is 1. The van der Waals surface area contributed by atoms with Crippen molar-refractivity contribution in [3.8, 4) is 11.3 Å². The number of nitrogens with one attached hydrogen (secondary N) is 1. The number of sulfonamides is 1. The van der Waals surface area contributed by atoms with Crippen LogP contribution in [0.5, 0.6) is 0 Å². The molecule has 7 nitrogen and oxygen atoms in total. The summed E-state index contributed by atoms with van der Waals surface area (Å²) in [4.78, 5) is 26.1. The van der Waals surface area contributed by atoms with Crippen LogP contribution in [0.2, 0.25) is 0 Å². The Morgan fingerprint density at radius 1 is 1.00 bits per heavy atom. The van der Waals surface area contributed by atoms with Gasteiger partial charge in [-0.25, -0.2) is 22.2 Å². The van der Waals surface area contributed by atoms with Gasteiger partial charge in [0.15, 0.2) is 11.6 Å². The Labute approximate surface area is 195 Å². The van der Waals surface area contributed by atoms with E-state index >= 15 is 4.39 Å². The monoisotopic (exact) mass is 482 g/mol. The van der Waals surface area contributed by atoms with Gasteiger partial charge in [0.2, 0.25) is 10.0 Å². The number of aromatic nitrogens is 3. The Morgan fingerprint density at radius 3 is 2.50 bits per heavy atom. The highest BCUT2D eigenvalue weighted by Gasteiger charge is 2.24. The van der Waals surface area contributed by atoms with Gasteiger partial charge in [-0.15, -0.1) is 0 Å². The van der Waals surface area contributed by atoms with E-state index in [0.29, 0.717) is 23.1 Å². The van der Waals surface area contributed by atoms with Crippen molar-refractivity contribution in [1.82, 2.24) is 15.0 Å². The summed E-state index contributed by atoms with van der Waals surface area (Å²) in [5.74, 6) is -3.57. The van der Waals surface area contributed by atoms with Crippen molar-refractivity contribution in [3.05, 3.63) is 83.3 Å². The molecule has 0 aliphatic carbocycles. The number of rotatable bonds is 7. The van der Waals surface area contributed by atoms with Crippen LogP contribution in [0.3, 0.4) is 0 Å². The molecule has 4 rings (SSSR count). The number of fused-ring (bicyclic) bond motifs is 1. The number of carbonyl (C=O) groups excluding carboxylic acids is 1. The van der Waals surface area contributed by atoms with Gasteiger partial charge in [-0.1, -0.05) is 6.92 Å². The maximum absolute atomic E-state index is 15.0. The van der Waals surface area contributed by atoms with Crippen molar-refractivity contribution >= 4 is 32.5 Å². The van der Waals surface area contributed by atoms with Crippen LogP contribution in [0.1, 0.15) is 35.0 Å². The Balaban J connectivity index is 1.73. The van der Waals surface area contributed by atoms with Gasteiger partial charge in [0.1, 0.15) is 5.82 Å². The highest BCUT2D eigenvalue weighted by molar-refractivity contribution is 7.92. The third-order valence-electron chi connectivity index (χ3n) is 5.07. The fourth-order valence-corrected chi connectivity index (χ4v) is 4.51. The van der Waals surface area contributed by atoms with Crippen LogP contribution in [0.4, 0.5) is 14.5 Å². The molecule has 0 aliphatic heterocycles. The first-order chi connectivity index (χ1) is 16.2. The molecule has 0 spiro atoms. The summed E-state index contributed by atoms with van der Waals surface area (Å²) in [6.07, 6.45) is 3.53. The van der Waals surface area contributed by atoms with Crippen LogP contribution < -0.4 is 4.72 Å². The van der Waals surface area contributed by atoms with E-state index in [0.717, 1.165) is 23.4 Å². The Bertz CT molecular complexity index is 1510. The molecular formula is C24H20F2N4O3S. The fourth-order valence-electron chi connectivity index (χ4n) is 3.38. The third kappa shape index (κ3) is 4.76. The summed E-state index contributed by atoms with van der Waals surface area (Å²) in [6, 6.07) is 9.77. The van der Waals surface area contributed by atoms with Crippen LogP contribution in [-0.4, -0.2) is 34.9 Å². The topological polar surface area (TPSA) is 102 Å². The van der Waals surface area contributed by atoms with E-state index < -0.39 is 38.7 Å². The van der Waals surface area contributed by atoms with Gasteiger partial charge < -0.3 is 0 Å². The number of hydrogen-bond donors (Lipinski definition) is 1. The minimum absolute atomic E-state index is 0.0210. The average molecular weight is 483 g/mol. The van der Waals surface area contributed by atoms with Gasteiger partial charge in [-0.2, -0.15) is 0 Å². The third-order valence-corrected chi connectivity index (χ3v) is 6.54. The molecule has 0 fully saturated rings. The minimum atomic E-state index is -3.84. The lowest BCUT2D eigenvalue weighted by atomic mass is 10.0. The lowest BCUT2D eigenvalue weighted by Gasteiger charge is -2.12. The van der Waals surface area contributed by atoms with E-state index in [1.54, 1.807) is 19.3 Å². The predicted octanol–water partition coefficient (Wildman–Crippen LogP) is 4.66. The number of nitrogens with zero attached hydrogens (tertiary/aromatic N) is 3. The smallest absolute Gasteiger partial charge is 0.232 e. The number of ketones is 1. The zero-order chi connectivity index (χ0) is 24.5. The summed E-state index contributed by atoms with van der Waals surface area (Å²) >= 11 is 0. The van der Waals surface area contributed by atoms with Crippen molar-refractivity contribution < 1.29 is 22.0 Å². The molecule has 2 aromatic heterocycles. The standard InChI is InChI=1S/C24H20F2N4O3S/c1-3-10-34(32,33)30-19-9-7-17(25)22(23(19)26)24(31)15-6-8-18-20(11-15)29-21(13-28-18)16-5-4-14(2)27-12-16/h4-9,11-13,30H,3,10H2,1-2H3. The highest BCUT2D eigenvalue weighted by Crippen LogP contribution is 2.26. The van der Waals surface area contributed by atoms with Gasteiger partial charge >= 0.3 is 0 Å². The second kappa shape index (κ2) is 9.22. The normalized spacial score (nSPS) is 11.5. The first kappa shape index (κ1) is 23.4. The number of halogens is 2. The molecule has 0 unspecified atom stereocenters. The molecule has 0 bridgehead atoms. The molecule has 174 valence electrons. The first-order valence-electron chi connectivity index (χ1n) is 10.4. The Morgan fingerprint density at radius 2 is 1.79 bits per heavy atom. The highest BCUT2D eigenvalue weighted by atomic mass is 32.2. The SMILES string of the molecule is CCCS(=O)(=O)Nc1ccc(F)c(C(=O)c2ccc3ncc(-c4ccc(C)nc4)nc3c2)c1F. The second-order valence-electron chi connectivity index (χ2n) is 7.68. The number of pyridine rings is 1. The molecule has 0 amide bonds. The summed E-state index contributed by atoms with van der Waals surface area (Å²) in [7, 11) is -3.84. The van der Waals surface area contributed by atoms with Crippen molar-refractivity contribution in [1.29, 1.82) is 0 Å². The van der Waals surface area contributed by atoms with Crippen LogP contribution in [0.15, 0.2) is 54.9 Å². The second-order valence-corrected chi connectivity index (χ2v) is 9.52. The van der Waals surface area contributed by atoms with Crippen LogP contribution >= 0.6 is 0 Å². The molecular weight excluding hydrogens is 462 g/mol. The quantitative estimate of drug-likeness (QED) is 0.385. The van der Waals surface area contributed by atoms with Crippen LogP contribution in [0, 0.1) is 18.6 Å². The molecule has 34 heavy (non-hydrogen) atoms. The molecule has 0 aliphatic rings. The van der Waals surface area contributed by atoms with E-state index in [2.05, 4.69) is 19.7 Å². The molecule has 0 radical (unpaired) electrons. The molecule has 0 atom stereocenters. The molecule has 4 aromatic rings. The van der Waals surface area contributed by atoms with Crippen LogP contribution in [0.25, 0.3) is 22.3 Å². The molecule has 10 heteroatoms. The van der Waals surface area contributed by atoms with Gasteiger partial charge in [0.05, 0.1) is 39.9 Å². The number of aryl methyl sites for hydroxylation is 1. The minimum Gasteiger partial charge on any atom is -0.288 e.